The molecule has 0 radical (unpaired) electrons. The van der Waals surface area contributed by atoms with Crippen LogP contribution in [0.5, 0.6) is 5.75 Å². The Kier molecular flexibility index (Phi) is 6.93. The summed E-state index contributed by atoms with van der Waals surface area (Å²) in [6, 6.07) is 5.67. The lowest BCUT2D eigenvalue weighted by Crippen LogP contribution is -2.49. The van der Waals surface area contributed by atoms with Gasteiger partial charge in [0.1, 0.15) is 11.4 Å². The highest BCUT2D eigenvalue weighted by Gasteiger charge is 2.33. The standard InChI is InChI=1S/C25H33N7O3/c1-25(2)14-17-12-19(29-24(34)18(15-26)23-27-6-5-7-28-23)20(13-21(17)35-25)32-10-8-31(9-11-32)16-22(33)30(3)4/h5-7,12-13,15H,8-11,14,16,26H2,1-4H3,(H,29,34). The molecule has 1 aromatic heterocycles. The van der Waals surface area contributed by atoms with E-state index in [9.17, 15) is 9.59 Å². The molecule has 2 aliphatic rings. The summed E-state index contributed by atoms with van der Waals surface area (Å²) in [7, 11) is 3.54. The first-order chi connectivity index (χ1) is 16.7. The minimum atomic E-state index is -0.381. The maximum Gasteiger partial charge on any atom is 0.261 e. The Morgan fingerprint density at radius 3 is 2.49 bits per heavy atom. The lowest BCUT2D eigenvalue weighted by molar-refractivity contribution is -0.130. The van der Waals surface area contributed by atoms with Crippen molar-refractivity contribution in [3.05, 3.63) is 48.2 Å². The van der Waals surface area contributed by atoms with E-state index < -0.39 is 0 Å². The van der Waals surface area contributed by atoms with E-state index in [1.165, 1.54) is 6.20 Å². The van der Waals surface area contributed by atoms with Crippen molar-refractivity contribution in [2.45, 2.75) is 25.9 Å². The maximum atomic E-state index is 13.2. The molecule has 3 heterocycles. The highest BCUT2D eigenvalue weighted by atomic mass is 16.5. The number of hydrogen-bond acceptors (Lipinski definition) is 8. The van der Waals surface area contributed by atoms with Crippen LogP contribution in [0.4, 0.5) is 11.4 Å². The van der Waals surface area contributed by atoms with Crippen LogP contribution in [0.3, 0.4) is 0 Å². The van der Waals surface area contributed by atoms with Crippen molar-refractivity contribution in [2.24, 2.45) is 5.73 Å². The molecule has 0 unspecified atom stereocenters. The number of amides is 2. The number of aromatic nitrogens is 2. The first kappa shape index (κ1) is 24.5. The van der Waals surface area contributed by atoms with Crippen molar-refractivity contribution in [1.29, 1.82) is 0 Å². The highest BCUT2D eigenvalue weighted by molar-refractivity contribution is 6.24. The average molecular weight is 480 g/mol. The van der Waals surface area contributed by atoms with Gasteiger partial charge < -0.3 is 25.6 Å². The molecule has 10 nitrogen and oxygen atoms in total. The third-order valence-electron chi connectivity index (χ3n) is 6.22. The maximum absolute atomic E-state index is 13.2. The number of anilines is 2. The van der Waals surface area contributed by atoms with Crippen molar-refractivity contribution in [3.8, 4) is 5.75 Å². The van der Waals surface area contributed by atoms with Gasteiger partial charge in [0.25, 0.3) is 5.91 Å². The molecule has 0 bridgehead atoms. The van der Waals surface area contributed by atoms with Crippen LogP contribution < -0.4 is 20.7 Å². The molecular formula is C25H33N7O3. The molecule has 2 aliphatic heterocycles. The third kappa shape index (κ3) is 5.54. The normalized spacial score (nSPS) is 17.5. The zero-order valence-electron chi connectivity index (χ0n) is 20.7. The largest absolute Gasteiger partial charge is 0.487 e. The molecule has 0 spiro atoms. The lowest BCUT2D eigenvalue weighted by Gasteiger charge is -2.37. The number of nitrogens with zero attached hydrogens (tertiary/aromatic N) is 5. The summed E-state index contributed by atoms with van der Waals surface area (Å²) in [6.45, 7) is 7.40. The van der Waals surface area contributed by atoms with Gasteiger partial charge in [0, 0.05) is 76.9 Å². The second-order valence-electron chi connectivity index (χ2n) is 9.67. The molecule has 186 valence electrons. The highest BCUT2D eigenvalue weighted by Crippen LogP contribution is 2.42. The smallest absolute Gasteiger partial charge is 0.261 e. The van der Waals surface area contributed by atoms with E-state index in [-0.39, 0.29) is 28.8 Å². The molecule has 0 aliphatic carbocycles. The van der Waals surface area contributed by atoms with E-state index in [2.05, 4.69) is 25.1 Å². The van der Waals surface area contributed by atoms with E-state index in [1.807, 2.05) is 26.0 Å². The molecule has 2 aromatic rings. The molecular weight excluding hydrogens is 446 g/mol. The van der Waals surface area contributed by atoms with Crippen LogP contribution in [-0.4, -0.2) is 84.0 Å². The van der Waals surface area contributed by atoms with Gasteiger partial charge in [-0.2, -0.15) is 0 Å². The van der Waals surface area contributed by atoms with E-state index in [0.29, 0.717) is 25.3 Å². The van der Waals surface area contributed by atoms with Gasteiger partial charge in [0.2, 0.25) is 5.91 Å². The SMILES string of the molecule is CN(C)C(=O)CN1CCN(c2cc3c(cc2NC(=O)C(=CN)c2ncccn2)CC(C)(C)O3)CC1. The number of benzene rings is 1. The number of likely N-dealkylation sites (N-methyl/N-ethyl adjacent to an activating group) is 1. The van der Waals surface area contributed by atoms with Gasteiger partial charge in [0.15, 0.2) is 5.82 Å². The van der Waals surface area contributed by atoms with Crippen LogP contribution in [0.2, 0.25) is 0 Å². The second-order valence-corrected chi connectivity index (χ2v) is 9.67. The summed E-state index contributed by atoms with van der Waals surface area (Å²) < 4.78 is 6.17. The van der Waals surface area contributed by atoms with Crippen molar-refractivity contribution in [1.82, 2.24) is 19.8 Å². The Hall–Kier alpha value is -3.66. The van der Waals surface area contributed by atoms with Crippen LogP contribution in [0.1, 0.15) is 25.2 Å². The second kappa shape index (κ2) is 9.91. The van der Waals surface area contributed by atoms with Crippen molar-refractivity contribution in [3.63, 3.8) is 0 Å². The summed E-state index contributed by atoms with van der Waals surface area (Å²) >= 11 is 0. The summed E-state index contributed by atoms with van der Waals surface area (Å²) in [5.41, 5.74) is 8.25. The van der Waals surface area contributed by atoms with E-state index >= 15 is 0 Å². The Labute approximate surface area is 205 Å². The fourth-order valence-corrected chi connectivity index (χ4v) is 4.36. The zero-order valence-corrected chi connectivity index (χ0v) is 20.7. The third-order valence-corrected chi connectivity index (χ3v) is 6.22. The van der Waals surface area contributed by atoms with Gasteiger partial charge in [0.05, 0.1) is 23.5 Å². The van der Waals surface area contributed by atoms with Crippen LogP contribution in [0.25, 0.3) is 5.57 Å². The fraction of sp³-hybridized carbons (Fsp3) is 0.440. The minimum Gasteiger partial charge on any atom is -0.487 e. The first-order valence-corrected chi connectivity index (χ1v) is 11.7. The summed E-state index contributed by atoms with van der Waals surface area (Å²) in [5.74, 6) is 0.796. The first-order valence-electron chi connectivity index (χ1n) is 11.7. The monoisotopic (exact) mass is 479 g/mol. The number of carbonyl (C=O) groups is 2. The molecule has 3 N–H and O–H groups in total. The predicted molar refractivity (Wildman–Crippen MR) is 135 cm³/mol. The van der Waals surface area contributed by atoms with Crippen LogP contribution >= 0.6 is 0 Å². The van der Waals surface area contributed by atoms with Crippen LogP contribution in [-0.2, 0) is 16.0 Å². The number of carbonyl (C=O) groups excluding carboxylic acids is 2. The van der Waals surface area contributed by atoms with Gasteiger partial charge in [-0.1, -0.05) is 0 Å². The van der Waals surface area contributed by atoms with E-state index in [1.54, 1.807) is 37.5 Å². The average Bonchev–Trinajstić information content (AvgIpc) is 3.13. The van der Waals surface area contributed by atoms with Crippen LogP contribution in [0, 0.1) is 0 Å². The zero-order chi connectivity index (χ0) is 25.2. The van der Waals surface area contributed by atoms with Crippen molar-refractivity contribution >= 4 is 28.8 Å². The molecule has 2 amide bonds. The minimum absolute atomic E-state index is 0.0868. The van der Waals surface area contributed by atoms with Crippen LogP contribution in [0.15, 0.2) is 36.8 Å². The molecule has 35 heavy (non-hydrogen) atoms. The van der Waals surface area contributed by atoms with Gasteiger partial charge in [-0.15, -0.1) is 0 Å². The van der Waals surface area contributed by atoms with E-state index in [4.69, 9.17) is 10.5 Å². The molecule has 0 saturated carbocycles. The quantitative estimate of drug-likeness (QED) is 0.596. The van der Waals surface area contributed by atoms with Gasteiger partial charge in [-0.25, -0.2) is 9.97 Å². The number of rotatable bonds is 6. The number of ether oxygens (including phenoxy) is 1. The number of fused-ring (bicyclic) bond motifs is 1. The van der Waals surface area contributed by atoms with E-state index in [0.717, 1.165) is 36.5 Å². The number of piperazine rings is 1. The summed E-state index contributed by atoms with van der Waals surface area (Å²) in [4.78, 5) is 39.6. The predicted octanol–water partition coefficient (Wildman–Crippen LogP) is 1.34. The Bertz CT molecular complexity index is 1120. The molecule has 0 atom stereocenters. The Balaban J connectivity index is 1.58. The molecule has 1 aromatic carbocycles. The number of nitrogens with one attached hydrogen (secondary N) is 1. The Morgan fingerprint density at radius 2 is 1.86 bits per heavy atom. The lowest BCUT2D eigenvalue weighted by atomic mass is 10.0. The van der Waals surface area contributed by atoms with Gasteiger partial charge in [-0.3, -0.25) is 14.5 Å². The number of nitrogens with two attached hydrogens (primary N) is 1. The fourth-order valence-electron chi connectivity index (χ4n) is 4.36. The van der Waals surface area contributed by atoms with Crippen molar-refractivity contribution in [2.75, 3.05) is 57.0 Å². The van der Waals surface area contributed by atoms with Gasteiger partial charge >= 0.3 is 0 Å². The molecule has 4 rings (SSSR count). The van der Waals surface area contributed by atoms with Crippen molar-refractivity contribution < 1.29 is 14.3 Å². The molecule has 1 saturated heterocycles. The Morgan fingerprint density at radius 1 is 1.17 bits per heavy atom. The topological polar surface area (TPSA) is 117 Å². The summed E-state index contributed by atoms with van der Waals surface area (Å²) in [6.07, 6.45) is 5.11. The van der Waals surface area contributed by atoms with Gasteiger partial charge in [-0.05, 0) is 26.0 Å². The summed E-state index contributed by atoms with van der Waals surface area (Å²) in [5, 5.41) is 3.03. The number of hydrogen-bond donors (Lipinski definition) is 2. The molecule has 10 heteroatoms. The molecule has 1 fully saturated rings.